The molecule has 21 heavy (non-hydrogen) atoms. The first-order valence-corrected chi connectivity index (χ1v) is 6.52. The minimum absolute atomic E-state index is 0.244. The molecule has 0 aliphatic rings. The van der Waals surface area contributed by atoms with Crippen molar-refractivity contribution in [1.29, 1.82) is 0 Å². The van der Waals surface area contributed by atoms with Crippen molar-refractivity contribution in [2.24, 2.45) is 0 Å². The molecule has 2 aromatic heterocycles. The number of oxazole rings is 1. The van der Waals surface area contributed by atoms with Crippen LogP contribution >= 0.6 is 11.6 Å². The molecule has 0 fully saturated rings. The molecule has 0 atom stereocenters. The number of anilines is 1. The van der Waals surface area contributed by atoms with Crippen LogP contribution in [0, 0.1) is 0 Å². The number of nitrogens with one attached hydrogen (secondary N) is 1. The highest BCUT2D eigenvalue weighted by Crippen LogP contribution is 2.21. The van der Waals surface area contributed by atoms with Gasteiger partial charge in [0.05, 0.1) is 11.8 Å². The van der Waals surface area contributed by atoms with Gasteiger partial charge >= 0.3 is 0 Å². The highest BCUT2D eigenvalue weighted by molar-refractivity contribution is 6.29. The normalized spacial score (nSPS) is 10.3. The molecule has 104 valence electrons. The summed E-state index contributed by atoms with van der Waals surface area (Å²) in [5.74, 6) is 0.432. The molecule has 6 heteroatoms. The molecule has 2 heterocycles. The van der Waals surface area contributed by atoms with Crippen molar-refractivity contribution >= 4 is 23.2 Å². The van der Waals surface area contributed by atoms with Crippen molar-refractivity contribution < 1.29 is 9.21 Å². The van der Waals surface area contributed by atoms with Crippen LogP contribution in [0.15, 0.2) is 59.6 Å². The smallest absolute Gasteiger partial charge is 0.257 e. The Morgan fingerprint density at radius 2 is 1.90 bits per heavy atom. The Labute approximate surface area is 125 Å². The van der Waals surface area contributed by atoms with Crippen molar-refractivity contribution in [2.75, 3.05) is 5.32 Å². The zero-order chi connectivity index (χ0) is 14.7. The van der Waals surface area contributed by atoms with Gasteiger partial charge in [-0.25, -0.2) is 9.97 Å². The van der Waals surface area contributed by atoms with Crippen LogP contribution in [-0.4, -0.2) is 15.9 Å². The quantitative estimate of drug-likeness (QED) is 0.750. The van der Waals surface area contributed by atoms with E-state index < -0.39 is 0 Å². The van der Waals surface area contributed by atoms with E-state index in [2.05, 4.69) is 15.3 Å². The van der Waals surface area contributed by atoms with E-state index in [1.54, 1.807) is 30.5 Å². The molecule has 0 spiro atoms. The van der Waals surface area contributed by atoms with Gasteiger partial charge in [0.15, 0.2) is 12.2 Å². The summed E-state index contributed by atoms with van der Waals surface area (Å²) in [5, 5.41) is 3.13. The maximum absolute atomic E-state index is 12.0. The summed E-state index contributed by atoms with van der Waals surface area (Å²) in [4.78, 5) is 19.8. The van der Waals surface area contributed by atoms with Crippen molar-refractivity contribution in [3.05, 3.63) is 65.9 Å². The summed E-state index contributed by atoms with van der Waals surface area (Å²) in [7, 11) is 0. The molecule has 0 radical (unpaired) electrons. The second-order valence-corrected chi connectivity index (χ2v) is 4.65. The Morgan fingerprint density at radius 1 is 1.10 bits per heavy atom. The van der Waals surface area contributed by atoms with Gasteiger partial charge in [-0.1, -0.05) is 11.6 Å². The minimum Gasteiger partial charge on any atom is -0.444 e. The van der Waals surface area contributed by atoms with E-state index in [4.69, 9.17) is 16.0 Å². The lowest BCUT2D eigenvalue weighted by atomic mass is 10.1. The molecule has 0 saturated carbocycles. The molecule has 0 saturated heterocycles. The summed E-state index contributed by atoms with van der Waals surface area (Å²) in [5.41, 5.74) is 2.01. The molecule has 3 rings (SSSR count). The second-order valence-electron chi connectivity index (χ2n) is 4.27. The average Bonchev–Trinajstić information content (AvgIpc) is 3.03. The maximum Gasteiger partial charge on any atom is 0.257 e. The summed E-state index contributed by atoms with van der Waals surface area (Å²) in [6.07, 6.45) is 4.44. The lowest BCUT2D eigenvalue weighted by Crippen LogP contribution is -2.11. The number of benzene rings is 1. The first-order chi connectivity index (χ1) is 10.2. The SMILES string of the molecule is O=C(Nc1ccc(-c2cnco2)cc1)c1ccc(Cl)nc1. The number of hydrogen-bond donors (Lipinski definition) is 1. The zero-order valence-electron chi connectivity index (χ0n) is 10.8. The Kier molecular flexibility index (Phi) is 3.66. The first-order valence-electron chi connectivity index (χ1n) is 6.14. The molecular weight excluding hydrogens is 290 g/mol. The van der Waals surface area contributed by atoms with Crippen LogP contribution < -0.4 is 5.32 Å². The second kappa shape index (κ2) is 5.76. The van der Waals surface area contributed by atoms with Crippen molar-refractivity contribution in [2.45, 2.75) is 0 Å². The van der Waals surface area contributed by atoms with E-state index in [9.17, 15) is 4.79 Å². The summed E-state index contributed by atoms with van der Waals surface area (Å²) in [6, 6.07) is 10.5. The van der Waals surface area contributed by atoms with Crippen molar-refractivity contribution in [3.8, 4) is 11.3 Å². The van der Waals surface area contributed by atoms with Gasteiger partial charge in [-0.3, -0.25) is 4.79 Å². The highest BCUT2D eigenvalue weighted by atomic mass is 35.5. The van der Waals surface area contributed by atoms with Gasteiger partial charge < -0.3 is 9.73 Å². The van der Waals surface area contributed by atoms with Crippen LogP contribution in [0.5, 0.6) is 0 Å². The van der Waals surface area contributed by atoms with Gasteiger partial charge in [0, 0.05) is 17.4 Å². The molecule has 5 nitrogen and oxygen atoms in total. The Morgan fingerprint density at radius 3 is 2.52 bits per heavy atom. The van der Waals surface area contributed by atoms with Crippen LogP contribution in [0.3, 0.4) is 0 Å². The standard InChI is InChI=1S/C15H10ClN3O2/c16-14-6-3-11(7-18-14)15(20)19-12-4-1-10(2-5-12)13-8-17-9-21-13/h1-9H,(H,19,20). The van der Waals surface area contributed by atoms with Crippen molar-refractivity contribution in [3.63, 3.8) is 0 Å². The molecule has 3 aromatic rings. The topological polar surface area (TPSA) is 68.0 Å². The van der Waals surface area contributed by atoms with Crippen LogP contribution in [-0.2, 0) is 0 Å². The van der Waals surface area contributed by atoms with Gasteiger partial charge in [-0.05, 0) is 36.4 Å². The van der Waals surface area contributed by atoms with Crippen molar-refractivity contribution in [1.82, 2.24) is 9.97 Å². The number of aromatic nitrogens is 2. The molecule has 1 N–H and O–H groups in total. The summed E-state index contributed by atoms with van der Waals surface area (Å²) >= 11 is 5.69. The molecule has 1 amide bonds. The fraction of sp³-hybridized carbons (Fsp3) is 0. The molecule has 0 aliphatic heterocycles. The van der Waals surface area contributed by atoms with E-state index in [1.807, 2.05) is 12.1 Å². The summed E-state index contributed by atoms with van der Waals surface area (Å²) in [6.45, 7) is 0. The molecule has 0 unspecified atom stereocenters. The molecule has 1 aromatic carbocycles. The predicted octanol–water partition coefficient (Wildman–Crippen LogP) is 3.64. The third kappa shape index (κ3) is 3.09. The van der Waals surface area contributed by atoms with Gasteiger partial charge in [0.1, 0.15) is 5.15 Å². The number of pyridine rings is 1. The Hall–Kier alpha value is -2.66. The van der Waals surface area contributed by atoms with Crippen LogP contribution in [0.25, 0.3) is 11.3 Å². The number of amides is 1. The van der Waals surface area contributed by atoms with Gasteiger partial charge in [0.2, 0.25) is 0 Å². The fourth-order valence-electron chi connectivity index (χ4n) is 1.79. The minimum atomic E-state index is -0.244. The third-order valence-electron chi connectivity index (χ3n) is 2.85. The number of hydrogen-bond acceptors (Lipinski definition) is 4. The number of rotatable bonds is 3. The number of carbonyl (C=O) groups excluding carboxylic acids is 1. The van der Waals surface area contributed by atoms with E-state index >= 15 is 0 Å². The van der Waals surface area contributed by atoms with Crippen LogP contribution in [0.4, 0.5) is 5.69 Å². The monoisotopic (exact) mass is 299 g/mol. The van der Waals surface area contributed by atoms with Gasteiger partial charge in [-0.2, -0.15) is 0 Å². The van der Waals surface area contributed by atoms with Crippen LogP contribution in [0.1, 0.15) is 10.4 Å². The number of halogens is 1. The zero-order valence-corrected chi connectivity index (χ0v) is 11.5. The fourth-order valence-corrected chi connectivity index (χ4v) is 1.90. The Bertz CT molecular complexity index is 738. The largest absolute Gasteiger partial charge is 0.444 e. The first kappa shape index (κ1) is 13.3. The molecule has 0 aliphatic carbocycles. The molecule has 0 bridgehead atoms. The third-order valence-corrected chi connectivity index (χ3v) is 3.07. The highest BCUT2D eigenvalue weighted by Gasteiger charge is 2.07. The van der Waals surface area contributed by atoms with E-state index in [-0.39, 0.29) is 5.91 Å². The lowest BCUT2D eigenvalue weighted by Gasteiger charge is -2.05. The predicted molar refractivity (Wildman–Crippen MR) is 79.1 cm³/mol. The number of nitrogens with zero attached hydrogens (tertiary/aromatic N) is 2. The van der Waals surface area contributed by atoms with Gasteiger partial charge in [-0.15, -0.1) is 0 Å². The lowest BCUT2D eigenvalue weighted by molar-refractivity contribution is 0.102. The maximum atomic E-state index is 12.0. The van der Waals surface area contributed by atoms with E-state index in [0.29, 0.717) is 22.2 Å². The van der Waals surface area contributed by atoms with Gasteiger partial charge in [0.25, 0.3) is 5.91 Å². The number of carbonyl (C=O) groups is 1. The summed E-state index contributed by atoms with van der Waals surface area (Å²) < 4.78 is 5.20. The van der Waals surface area contributed by atoms with E-state index in [1.165, 1.54) is 12.6 Å². The average molecular weight is 300 g/mol. The Balaban J connectivity index is 1.73. The molecular formula is C15H10ClN3O2. The van der Waals surface area contributed by atoms with E-state index in [0.717, 1.165) is 5.56 Å². The van der Waals surface area contributed by atoms with Crippen LogP contribution in [0.2, 0.25) is 5.15 Å².